The van der Waals surface area contributed by atoms with Crippen LogP contribution in [0.2, 0.25) is 0 Å². The van der Waals surface area contributed by atoms with Gasteiger partial charge >= 0.3 is 17.9 Å². The molecule has 0 aliphatic rings. The highest BCUT2D eigenvalue weighted by Gasteiger charge is 2.20. The first kappa shape index (κ1) is 70.4. The van der Waals surface area contributed by atoms with Crippen molar-refractivity contribution in [1.82, 2.24) is 0 Å². The van der Waals surface area contributed by atoms with Crippen LogP contribution < -0.4 is 0 Å². The average molecular weight is 1020 g/mol. The van der Waals surface area contributed by atoms with Crippen molar-refractivity contribution in [2.45, 2.75) is 375 Å². The van der Waals surface area contributed by atoms with Crippen LogP contribution in [0.4, 0.5) is 0 Å². The number of hydrogen-bond acceptors (Lipinski definition) is 6. The van der Waals surface area contributed by atoms with Crippen molar-refractivity contribution in [1.29, 1.82) is 0 Å². The van der Waals surface area contributed by atoms with Crippen LogP contribution in [-0.4, -0.2) is 37.2 Å². The Labute approximate surface area is 450 Å². The number of rotatable bonds is 59. The maximum absolute atomic E-state index is 12.9. The summed E-state index contributed by atoms with van der Waals surface area (Å²) in [4.78, 5) is 38.4. The lowest BCUT2D eigenvalue weighted by Gasteiger charge is -2.18. The highest BCUT2D eigenvalue weighted by Crippen LogP contribution is 2.20. The van der Waals surface area contributed by atoms with Gasteiger partial charge in [-0.25, -0.2) is 0 Å². The Kier molecular flexibility index (Phi) is 55.9. The first-order valence-corrected chi connectivity index (χ1v) is 32.7. The largest absolute Gasteiger partial charge is 0.462 e. The highest BCUT2D eigenvalue weighted by atomic mass is 16.6. The van der Waals surface area contributed by atoms with Crippen LogP contribution in [0.1, 0.15) is 369 Å². The molecular formula is C66H128O6. The summed E-state index contributed by atoms with van der Waals surface area (Å²) >= 11 is 0. The Hall–Kier alpha value is -1.59. The lowest BCUT2D eigenvalue weighted by Crippen LogP contribution is -2.30. The van der Waals surface area contributed by atoms with Crippen molar-refractivity contribution >= 4 is 17.9 Å². The van der Waals surface area contributed by atoms with E-state index in [0.29, 0.717) is 19.3 Å². The van der Waals surface area contributed by atoms with Gasteiger partial charge in [-0.15, -0.1) is 0 Å². The van der Waals surface area contributed by atoms with E-state index >= 15 is 0 Å². The van der Waals surface area contributed by atoms with E-state index in [1.54, 1.807) is 0 Å². The van der Waals surface area contributed by atoms with E-state index in [2.05, 4.69) is 41.5 Å². The number of ether oxygens (including phenoxy) is 3. The summed E-state index contributed by atoms with van der Waals surface area (Å²) in [6.45, 7) is 13.9. The predicted molar refractivity (Wildman–Crippen MR) is 312 cm³/mol. The monoisotopic (exact) mass is 1020 g/mol. The van der Waals surface area contributed by atoms with Crippen molar-refractivity contribution in [3.8, 4) is 0 Å². The molecule has 72 heavy (non-hydrogen) atoms. The summed E-state index contributed by atoms with van der Waals surface area (Å²) in [7, 11) is 0. The number of hydrogen-bond donors (Lipinski definition) is 0. The van der Waals surface area contributed by atoms with Crippen molar-refractivity contribution in [2.75, 3.05) is 13.2 Å². The quantitative estimate of drug-likeness (QED) is 0.0343. The van der Waals surface area contributed by atoms with E-state index < -0.39 is 6.10 Å². The molecule has 3 atom stereocenters. The normalized spacial score (nSPS) is 12.9. The van der Waals surface area contributed by atoms with Gasteiger partial charge in [0.2, 0.25) is 0 Å². The third-order valence-corrected chi connectivity index (χ3v) is 15.9. The molecule has 0 amide bonds. The van der Waals surface area contributed by atoms with E-state index in [1.165, 1.54) is 250 Å². The summed E-state index contributed by atoms with van der Waals surface area (Å²) in [5.41, 5.74) is 0. The molecule has 0 aromatic heterocycles. The zero-order valence-electron chi connectivity index (χ0n) is 49.7. The fraction of sp³-hybridized carbons (Fsp3) is 0.955. The summed E-state index contributed by atoms with van der Waals surface area (Å²) in [5.74, 6) is 1.81. The van der Waals surface area contributed by atoms with Crippen molar-refractivity contribution < 1.29 is 28.6 Å². The van der Waals surface area contributed by atoms with E-state index in [4.69, 9.17) is 14.2 Å². The molecule has 0 saturated carbocycles. The van der Waals surface area contributed by atoms with Gasteiger partial charge in [0.1, 0.15) is 13.2 Å². The third kappa shape index (κ3) is 56.1. The molecule has 0 bridgehead atoms. The molecule has 6 heteroatoms. The van der Waals surface area contributed by atoms with E-state index in [0.717, 1.165) is 75.5 Å². The predicted octanol–water partition coefficient (Wildman–Crippen LogP) is 21.8. The maximum Gasteiger partial charge on any atom is 0.306 e. The minimum absolute atomic E-state index is 0.0624. The molecule has 0 saturated heterocycles. The Morgan fingerprint density at radius 2 is 0.486 bits per heavy atom. The molecule has 2 unspecified atom stereocenters. The van der Waals surface area contributed by atoms with Crippen LogP contribution >= 0.6 is 0 Å². The van der Waals surface area contributed by atoms with Crippen LogP contribution in [0.25, 0.3) is 0 Å². The molecule has 0 aromatic carbocycles. The fourth-order valence-electron chi connectivity index (χ4n) is 10.2. The van der Waals surface area contributed by atoms with Crippen LogP contribution in [0.5, 0.6) is 0 Å². The second kappa shape index (κ2) is 57.1. The smallest absolute Gasteiger partial charge is 0.306 e. The second-order valence-electron chi connectivity index (χ2n) is 23.7. The van der Waals surface area contributed by atoms with E-state index in [9.17, 15) is 14.4 Å². The van der Waals surface area contributed by atoms with Gasteiger partial charge in [-0.05, 0) is 37.0 Å². The molecule has 0 radical (unpaired) electrons. The zero-order valence-corrected chi connectivity index (χ0v) is 49.7. The SMILES string of the molecule is CCC(C)CCCCCCCCCCCCCCCCC(=O)OC[C@@H](COC(=O)CCCCCCCCCCCCCCCCCC(C)C)OC(=O)CCCCCCCCCCCCCCCCC(C)CC. The molecular weight excluding hydrogens is 889 g/mol. The zero-order chi connectivity index (χ0) is 52.6. The molecule has 6 nitrogen and oxygen atoms in total. The van der Waals surface area contributed by atoms with Gasteiger partial charge in [-0.1, -0.05) is 330 Å². The standard InChI is InChI=1S/C66H128O6/c1-7-61(5)53-47-41-35-29-23-17-12-14-20-26-32-38-44-50-56-65(68)71-59-63(72-66(69)57-51-45-39-33-27-21-15-13-18-24-30-36-42-48-54-62(6)8-2)58-70-64(67)55-49-43-37-31-25-19-11-9-10-16-22-28-34-40-46-52-60(3)4/h60-63H,7-59H2,1-6H3/t61?,62?,63-/m1/s1. The van der Waals surface area contributed by atoms with Crippen molar-refractivity contribution in [2.24, 2.45) is 17.8 Å². The Bertz CT molecular complexity index is 1120. The Morgan fingerprint density at radius 1 is 0.278 bits per heavy atom. The minimum Gasteiger partial charge on any atom is -0.462 e. The summed E-state index contributed by atoms with van der Waals surface area (Å²) in [6, 6.07) is 0. The van der Waals surface area contributed by atoms with Crippen molar-refractivity contribution in [3.63, 3.8) is 0 Å². The maximum atomic E-state index is 12.9. The van der Waals surface area contributed by atoms with Gasteiger partial charge in [-0.2, -0.15) is 0 Å². The molecule has 0 heterocycles. The Balaban J connectivity index is 4.30. The van der Waals surface area contributed by atoms with Gasteiger partial charge in [-0.3, -0.25) is 14.4 Å². The van der Waals surface area contributed by atoms with E-state index in [1.807, 2.05) is 0 Å². The molecule has 0 rings (SSSR count). The summed E-state index contributed by atoms with van der Waals surface area (Å²) in [5, 5.41) is 0. The van der Waals surface area contributed by atoms with Crippen LogP contribution in [-0.2, 0) is 28.6 Å². The summed E-state index contributed by atoms with van der Waals surface area (Å²) in [6.07, 6.45) is 62.3. The first-order valence-electron chi connectivity index (χ1n) is 32.7. The molecule has 0 aliphatic carbocycles. The van der Waals surface area contributed by atoms with Gasteiger partial charge in [0.05, 0.1) is 0 Å². The number of carbonyl (C=O) groups is 3. The molecule has 0 aliphatic heterocycles. The molecule has 0 fully saturated rings. The Morgan fingerprint density at radius 3 is 0.722 bits per heavy atom. The molecule has 428 valence electrons. The highest BCUT2D eigenvalue weighted by molar-refractivity contribution is 5.71. The number of unbranched alkanes of at least 4 members (excludes halogenated alkanes) is 40. The van der Waals surface area contributed by atoms with Crippen LogP contribution in [0.3, 0.4) is 0 Å². The van der Waals surface area contributed by atoms with E-state index in [-0.39, 0.29) is 31.1 Å². The second-order valence-corrected chi connectivity index (χ2v) is 23.7. The molecule has 0 N–H and O–H groups in total. The van der Waals surface area contributed by atoms with Gasteiger partial charge in [0.15, 0.2) is 6.10 Å². The van der Waals surface area contributed by atoms with Gasteiger partial charge in [0.25, 0.3) is 0 Å². The molecule has 0 aromatic rings. The lowest BCUT2D eigenvalue weighted by atomic mass is 9.99. The molecule has 0 spiro atoms. The van der Waals surface area contributed by atoms with Gasteiger partial charge < -0.3 is 14.2 Å². The third-order valence-electron chi connectivity index (χ3n) is 15.9. The number of carbonyl (C=O) groups excluding carboxylic acids is 3. The van der Waals surface area contributed by atoms with Gasteiger partial charge in [0, 0.05) is 19.3 Å². The lowest BCUT2D eigenvalue weighted by molar-refractivity contribution is -0.167. The topological polar surface area (TPSA) is 78.9 Å². The minimum atomic E-state index is -0.765. The average Bonchev–Trinajstić information content (AvgIpc) is 3.37. The van der Waals surface area contributed by atoms with Crippen molar-refractivity contribution in [3.05, 3.63) is 0 Å². The summed E-state index contributed by atoms with van der Waals surface area (Å²) < 4.78 is 17.0. The number of esters is 3. The fourth-order valence-corrected chi connectivity index (χ4v) is 10.2. The van der Waals surface area contributed by atoms with Crippen LogP contribution in [0.15, 0.2) is 0 Å². The van der Waals surface area contributed by atoms with Crippen LogP contribution in [0, 0.1) is 17.8 Å². The first-order chi connectivity index (χ1) is 35.2.